The summed E-state index contributed by atoms with van der Waals surface area (Å²) < 4.78 is 27.2. The quantitative estimate of drug-likeness (QED) is 0.410. The molecule has 4 nitrogen and oxygen atoms in total. The van der Waals surface area contributed by atoms with E-state index in [0.29, 0.717) is 34.0 Å². The Morgan fingerprint density at radius 1 is 0.630 bits per heavy atom. The molecule has 7 heteroatoms. The lowest BCUT2D eigenvalue weighted by Crippen LogP contribution is -2.03. The largest absolute Gasteiger partial charge is 0.337 e. The molecule has 1 heterocycles. The topological polar surface area (TPSA) is 49.8 Å². The molecule has 0 unspecified atom stereocenters. The van der Waals surface area contributed by atoms with E-state index >= 15 is 0 Å². The molecular formula is C20H13BrF2N4. The van der Waals surface area contributed by atoms with Crippen molar-refractivity contribution in [3.05, 3.63) is 82.8 Å². The Bertz CT molecular complexity index is 1100. The zero-order valence-corrected chi connectivity index (χ0v) is 15.5. The maximum absolute atomic E-state index is 13.2. The van der Waals surface area contributed by atoms with Crippen LogP contribution in [-0.2, 0) is 0 Å². The van der Waals surface area contributed by atoms with Gasteiger partial charge in [-0.1, -0.05) is 15.9 Å². The summed E-state index contributed by atoms with van der Waals surface area (Å²) in [5.41, 5.74) is 2.73. The van der Waals surface area contributed by atoms with Gasteiger partial charge in [0.25, 0.3) is 0 Å². The first kappa shape index (κ1) is 17.4. The second-order valence-electron chi connectivity index (χ2n) is 5.82. The number of halogens is 3. The highest BCUT2D eigenvalue weighted by molar-refractivity contribution is 9.10. The molecule has 0 atom stereocenters. The van der Waals surface area contributed by atoms with Crippen molar-refractivity contribution in [3.63, 3.8) is 0 Å². The molecule has 2 N–H and O–H groups in total. The van der Waals surface area contributed by atoms with Gasteiger partial charge in [0.05, 0.1) is 11.0 Å². The number of benzene rings is 3. The van der Waals surface area contributed by atoms with Crippen LogP contribution < -0.4 is 10.6 Å². The summed E-state index contributed by atoms with van der Waals surface area (Å²) >= 11 is 3.43. The smallest absolute Gasteiger partial charge is 0.174 e. The molecule has 4 aromatic rings. The van der Waals surface area contributed by atoms with Gasteiger partial charge in [0.15, 0.2) is 11.6 Å². The van der Waals surface area contributed by atoms with Crippen LogP contribution in [0.5, 0.6) is 0 Å². The summed E-state index contributed by atoms with van der Waals surface area (Å²) in [6.45, 7) is 0. The summed E-state index contributed by atoms with van der Waals surface area (Å²) in [5.74, 6) is 0.302. The van der Waals surface area contributed by atoms with Gasteiger partial charge in [0.1, 0.15) is 11.6 Å². The summed E-state index contributed by atoms with van der Waals surface area (Å²) in [6.07, 6.45) is 0. The molecule has 0 amide bonds. The normalized spacial score (nSPS) is 10.8. The molecule has 1 aromatic heterocycles. The van der Waals surface area contributed by atoms with Crippen LogP contribution in [0.2, 0.25) is 0 Å². The van der Waals surface area contributed by atoms with Gasteiger partial charge in [-0.15, -0.1) is 0 Å². The van der Waals surface area contributed by atoms with E-state index in [4.69, 9.17) is 0 Å². The van der Waals surface area contributed by atoms with E-state index in [-0.39, 0.29) is 11.6 Å². The van der Waals surface area contributed by atoms with Crippen LogP contribution in [0.1, 0.15) is 0 Å². The Hall–Kier alpha value is -3.06. The standard InChI is InChI=1S/C20H13BrF2N4/c21-12-1-10-17-18(11-12)27-20(25-16-8-4-14(23)5-9-16)19(26-17)24-15-6-2-13(22)3-7-15/h1-11H,(H,24,26)(H,25,27). The minimum Gasteiger partial charge on any atom is -0.337 e. The molecule has 3 aromatic carbocycles. The van der Waals surface area contributed by atoms with Gasteiger partial charge in [0.2, 0.25) is 0 Å². The molecule has 4 rings (SSSR count). The van der Waals surface area contributed by atoms with Gasteiger partial charge in [-0.3, -0.25) is 0 Å². The summed E-state index contributed by atoms with van der Waals surface area (Å²) in [7, 11) is 0. The molecule has 0 aliphatic carbocycles. The number of aromatic nitrogens is 2. The molecule has 27 heavy (non-hydrogen) atoms. The van der Waals surface area contributed by atoms with E-state index < -0.39 is 0 Å². The second-order valence-corrected chi connectivity index (χ2v) is 6.73. The number of hydrogen-bond acceptors (Lipinski definition) is 4. The number of nitrogens with zero attached hydrogens (tertiary/aromatic N) is 2. The maximum Gasteiger partial charge on any atom is 0.174 e. The number of rotatable bonds is 4. The highest BCUT2D eigenvalue weighted by Crippen LogP contribution is 2.28. The zero-order valence-electron chi connectivity index (χ0n) is 13.9. The van der Waals surface area contributed by atoms with E-state index in [1.165, 1.54) is 24.3 Å². The Labute approximate surface area is 162 Å². The minimum absolute atomic E-state index is 0.320. The van der Waals surface area contributed by atoms with Gasteiger partial charge in [-0.2, -0.15) is 0 Å². The van der Waals surface area contributed by atoms with Gasteiger partial charge < -0.3 is 10.6 Å². The third-order valence-corrected chi connectivity index (χ3v) is 4.33. The van der Waals surface area contributed by atoms with Gasteiger partial charge in [-0.25, -0.2) is 18.7 Å². The van der Waals surface area contributed by atoms with Crippen LogP contribution >= 0.6 is 15.9 Å². The third kappa shape index (κ3) is 4.03. The average molecular weight is 427 g/mol. The van der Waals surface area contributed by atoms with Gasteiger partial charge in [0, 0.05) is 15.8 Å². The van der Waals surface area contributed by atoms with Crippen LogP contribution in [0.3, 0.4) is 0 Å². The molecule has 0 radical (unpaired) electrons. The first-order chi connectivity index (χ1) is 13.1. The molecule has 0 spiro atoms. The van der Waals surface area contributed by atoms with E-state index in [0.717, 1.165) is 4.47 Å². The first-order valence-corrected chi connectivity index (χ1v) is 8.89. The molecule has 0 aliphatic rings. The van der Waals surface area contributed by atoms with Crippen molar-refractivity contribution in [3.8, 4) is 0 Å². The minimum atomic E-state index is -0.321. The summed E-state index contributed by atoms with van der Waals surface area (Å²) in [6, 6.07) is 17.5. The van der Waals surface area contributed by atoms with Crippen LogP contribution in [0.15, 0.2) is 71.2 Å². The summed E-state index contributed by atoms with van der Waals surface area (Å²) in [4.78, 5) is 9.26. The molecule has 0 saturated heterocycles. The third-order valence-electron chi connectivity index (χ3n) is 3.84. The van der Waals surface area contributed by atoms with Crippen LogP contribution in [0.4, 0.5) is 31.8 Å². The van der Waals surface area contributed by atoms with Crippen molar-refractivity contribution in [1.29, 1.82) is 0 Å². The lowest BCUT2D eigenvalue weighted by Gasteiger charge is -2.14. The Morgan fingerprint density at radius 2 is 1.11 bits per heavy atom. The van der Waals surface area contributed by atoms with Crippen molar-refractivity contribution in [2.45, 2.75) is 0 Å². The highest BCUT2D eigenvalue weighted by Gasteiger charge is 2.11. The van der Waals surface area contributed by atoms with Gasteiger partial charge >= 0.3 is 0 Å². The van der Waals surface area contributed by atoms with Gasteiger partial charge in [-0.05, 0) is 66.7 Å². The maximum atomic E-state index is 13.2. The number of nitrogens with one attached hydrogen (secondary N) is 2. The van der Waals surface area contributed by atoms with Crippen molar-refractivity contribution in [1.82, 2.24) is 9.97 Å². The fourth-order valence-electron chi connectivity index (χ4n) is 2.54. The lowest BCUT2D eigenvalue weighted by molar-refractivity contribution is 0.627. The van der Waals surface area contributed by atoms with Crippen molar-refractivity contribution in [2.24, 2.45) is 0 Å². The Kier molecular flexibility index (Phi) is 4.68. The number of fused-ring (bicyclic) bond motifs is 1. The molecule has 0 aliphatic heterocycles. The van der Waals surface area contributed by atoms with E-state index in [1.807, 2.05) is 18.2 Å². The van der Waals surface area contributed by atoms with E-state index in [9.17, 15) is 8.78 Å². The monoisotopic (exact) mass is 426 g/mol. The van der Waals surface area contributed by atoms with Crippen molar-refractivity contribution in [2.75, 3.05) is 10.6 Å². The summed E-state index contributed by atoms with van der Waals surface area (Å²) in [5, 5.41) is 6.30. The number of anilines is 4. The predicted octanol–water partition coefficient (Wildman–Crippen LogP) is 6.16. The Balaban J connectivity index is 1.77. The van der Waals surface area contributed by atoms with Crippen LogP contribution in [-0.4, -0.2) is 9.97 Å². The first-order valence-electron chi connectivity index (χ1n) is 8.09. The molecule has 0 saturated carbocycles. The van der Waals surface area contributed by atoms with Crippen LogP contribution in [0.25, 0.3) is 11.0 Å². The number of hydrogen-bond donors (Lipinski definition) is 2. The van der Waals surface area contributed by atoms with E-state index in [1.54, 1.807) is 24.3 Å². The van der Waals surface area contributed by atoms with Crippen molar-refractivity contribution < 1.29 is 8.78 Å². The molecule has 0 fully saturated rings. The fourth-order valence-corrected chi connectivity index (χ4v) is 2.89. The molecule has 134 valence electrons. The predicted molar refractivity (Wildman–Crippen MR) is 107 cm³/mol. The second kappa shape index (κ2) is 7.28. The SMILES string of the molecule is Fc1ccc(Nc2nc3ccc(Br)cc3nc2Nc2ccc(F)cc2)cc1. The Morgan fingerprint density at radius 3 is 1.63 bits per heavy atom. The fraction of sp³-hybridized carbons (Fsp3) is 0. The van der Waals surface area contributed by atoms with Crippen molar-refractivity contribution >= 4 is 50.0 Å². The lowest BCUT2D eigenvalue weighted by atomic mass is 10.2. The average Bonchev–Trinajstić information content (AvgIpc) is 2.66. The van der Waals surface area contributed by atoms with E-state index in [2.05, 4.69) is 36.5 Å². The molecular weight excluding hydrogens is 414 g/mol. The highest BCUT2D eigenvalue weighted by atomic mass is 79.9. The molecule has 0 bridgehead atoms. The zero-order chi connectivity index (χ0) is 18.8. The van der Waals surface area contributed by atoms with Crippen LogP contribution in [0, 0.1) is 11.6 Å².